The Morgan fingerprint density at radius 2 is 1.74 bits per heavy atom. The number of fused-ring (bicyclic) bond motifs is 1. The van der Waals surface area contributed by atoms with Crippen LogP contribution in [0.25, 0.3) is 0 Å². The summed E-state index contributed by atoms with van der Waals surface area (Å²) < 4.78 is 24.6. The molecular formula is C40H51FN4O5. The Morgan fingerprint density at radius 1 is 0.920 bits per heavy atom. The van der Waals surface area contributed by atoms with Crippen LogP contribution in [0.2, 0.25) is 0 Å². The van der Waals surface area contributed by atoms with Crippen molar-refractivity contribution in [3.63, 3.8) is 0 Å². The number of alkyl carbamates (subject to hydrolysis) is 1. The molecular weight excluding hydrogens is 635 g/mol. The second kappa shape index (κ2) is 19.0. The summed E-state index contributed by atoms with van der Waals surface area (Å²) in [5.74, 6) is 0.355. The minimum absolute atomic E-state index is 0.205. The fraction of sp³-hybridized carbons (Fsp3) is 0.475. The van der Waals surface area contributed by atoms with Crippen LogP contribution in [0.1, 0.15) is 85.7 Å². The maximum absolute atomic E-state index is 14.1. The van der Waals surface area contributed by atoms with Crippen molar-refractivity contribution in [2.24, 2.45) is 5.92 Å². The van der Waals surface area contributed by atoms with Crippen LogP contribution < -0.4 is 25.6 Å². The Bertz CT molecular complexity index is 1550. The number of carbonyl (C=O) groups is 3. The zero-order valence-electron chi connectivity index (χ0n) is 29.1. The van der Waals surface area contributed by atoms with Crippen molar-refractivity contribution in [2.45, 2.75) is 89.3 Å². The number of ether oxygens (including phenoxy) is 2. The normalized spacial score (nSPS) is 15.4. The van der Waals surface area contributed by atoms with Crippen molar-refractivity contribution < 1.29 is 28.2 Å². The molecule has 3 amide bonds. The summed E-state index contributed by atoms with van der Waals surface area (Å²) in [7, 11) is 1.56. The number of anilines is 1. The number of nitrogens with one attached hydrogen (secondary N) is 3. The quantitative estimate of drug-likeness (QED) is 0.133. The van der Waals surface area contributed by atoms with E-state index in [4.69, 9.17) is 9.47 Å². The molecule has 50 heavy (non-hydrogen) atoms. The first kappa shape index (κ1) is 36.7. The van der Waals surface area contributed by atoms with Gasteiger partial charge < -0.3 is 30.3 Å². The molecule has 10 heteroatoms. The number of hydrogen-bond donors (Lipinski definition) is 3. The molecule has 1 heterocycles. The predicted octanol–water partition coefficient (Wildman–Crippen LogP) is 6.94. The largest absolute Gasteiger partial charge is 0.497 e. The monoisotopic (exact) mass is 686 g/mol. The second-order valence-electron chi connectivity index (χ2n) is 13.5. The third-order valence-corrected chi connectivity index (χ3v) is 9.82. The number of halogens is 1. The van der Waals surface area contributed by atoms with E-state index in [9.17, 15) is 18.8 Å². The van der Waals surface area contributed by atoms with Gasteiger partial charge in [0, 0.05) is 36.9 Å². The molecule has 0 aromatic heterocycles. The average Bonchev–Trinajstić information content (AvgIpc) is 3.54. The van der Waals surface area contributed by atoms with Crippen molar-refractivity contribution in [1.82, 2.24) is 16.0 Å². The number of nitrogens with zero attached hydrogens (tertiary/aromatic N) is 1. The Morgan fingerprint density at radius 3 is 2.54 bits per heavy atom. The average molecular weight is 687 g/mol. The van der Waals surface area contributed by atoms with Crippen LogP contribution in [-0.4, -0.2) is 56.7 Å². The molecule has 1 aliphatic heterocycles. The number of amides is 3. The molecule has 1 aliphatic carbocycles. The van der Waals surface area contributed by atoms with Crippen LogP contribution in [-0.2, 0) is 22.6 Å². The molecule has 0 saturated heterocycles. The van der Waals surface area contributed by atoms with E-state index < -0.39 is 12.1 Å². The van der Waals surface area contributed by atoms with Crippen LogP contribution in [0.4, 0.5) is 14.9 Å². The van der Waals surface area contributed by atoms with Gasteiger partial charge >= 0.3 is 6.09 Å². The summed E-state index contributed by atoms with van der Waals surface area (Å²) in [5.41, 5.74) is 3.30. The summed E-state index contributed by atoms with van der Waals surface area (Å²) in [6.07, 6.45) is 9.80. The summed E-state index contributed by atoms with van der Waals surface area (Å²) in [4.78, 5) is 41.9. The molecule has 3 aromatic rings. The van der Waals surface area contributed by atoms with Gasteiger partial charge in [-0.15, -0.1) is 0 Å². The molecule has 0 radical (unpaired) electrons. The van der Waals surface area contributed by atoms with E-state index in [1.807, 2.05) is 36.4 Å². The van der Waals surface area contributed by atoms with Crippen molar-refractivity contribution in [3.05, 3.63) is 95.3 Å². The van der Waals surface area contributed by atoms with Crippen LogP contribution in [0.3, 0.4) is 0 Å². The Labute approximate surface area is 295 Å². The van der Waals surface area contributed by atoms with E-state index in [1.54, 1.807) is 37.4 Å². The van der Waals surface area contributed by atoms with Gasteiger partial charge in [-0.2, -0.15) is 0 Å². The first-order chi connectivity index (χ1) is 24.4. The Kier molecular flexibility index (Phi) is 13.9. The molecule has 3 N–H and O–H groups in total. The lowest BCUT2D eigenvalue weighted by molar-refractivity contribution is -0.124. The molecule has 2 atom stereocenters. The van der Waals surface area contributed by atoms with Gasteiger partial charge in [0.1, 0.15) is 24.2 Å². The smallest absolute Gasteiger partial charge is 0.407 e. The highest BCUT2D eigenvalue weighted by Crippen LogP contribution is 2.30. The van der Waals surface area contributed by atoms with Gasteiger partial charge in [-0.3, -0.25) is 9.59 Å². The fourth-order valence-electron chi connectivity index (χ4n) is 7.04. The number of carbonyl (C=O) groups excluding carboxylic acids is 3. The fourth-order valence-corrected chi connectivity index (χ4v) is 7.04. The first-order valence-corrected chi connectivity index (χ1v) is 18.1. The number of rotatable bonds is 17. The number of benzene rings is 3. The van der Waals surface area contributed by atoms with Crippen LogP contribution in [0, 0.1) is 11.7 Å². The topological polar surface area (TPSA) is 109 Å². The lowest BCUT2D eigenvalue weighted by Crippen LogP contribution is -2.52. The number of methoxy groups -OCH3 is 1. The highest BCUT2D eigenvalue weighted by molar-refractivity contribution is 5.97. The lowest BCUT2D eigenvalue weighted by atomic mass is 9.85. The van der Waals surface area contributed by atoms with E-state index in [0.29, 0.717) is 49.6 Å². The molecule has 5 rings (SSSR count). The molecule has 3 aromatic carbocycles. The molecule has 0 spiro atoms. The molecule has 2 aliphatic rings. The van der Waals surface area contributed by atoms with Gasteiger partial charge in [-0.25, -0.2) is 9.18 Å². The van der Waals surface area contributed by atoms with E-state index in [0.717, 1.165) is 55.5 Å². The summed E-state index contributed by atoms with van der Waals surface area (Å²) in [5, 5.41) is 9.14. The summed E-state index contributed by atoms with van der Waals surface area (Å²) in [6, 6.07) is 20.4. The van der Waals surface area contributed by atoms with E-state index >= 15 is 0 Å². The van der Waals surface area contributed by atoms with Crippen molar-refractivity contribution >= 4 is 23.6 Å². The highest BCUT2D eigenvalue weighted by Gasteiger charge is 2.28. The predicted molar refractivity (Wildman–Crippen MR) is 193 cm³/mol. The van der Waals surface area contributed by atoms with Crippen LogP contribution in [0.5, 0.6) is 5.75 Å². The standard InChI is InChI=1S/C40H51FN4O5/c1-49-35-17-10-15-32(26-35)38(46)44-36(20-18-29-11-4-2-5-12-29)39(47)43-34(27-45-24-22-31-25-33(41)19-21-37(31)45)16-8-9-23-42-40(48)50-28-30-13-6-3-7-14-30/h3,6-7,10,13-15,17,19,21,25-26,29,34,36H,2,4-5,8-9,11-12,16,18,20,22-24,27-28H2,1H3,(H,42,48)(H,43,47)(H,44,46). The molecule has 1 fully saturated rings. The molecule has 9 nitrogen and oxygen atoms in total. The van der Waals surface area contributed by atoms with E-state index in [-0.39, 0.29) is 30.3 Å². The summed E-state index contributed by atoms with van der Waals surface area (Å²) >= 11 is 0. The molecule has 1 saturated carbocycles. The van der Waals surface area contributed by atoms with Gasteiger partial charge in [0.15, 0.2) is 0 Å². The minimum Gasteiger partial charge on any atom is -0.497 e. The maximum Gasteiger partial charge on any atom is 0.407 e. The maximum atomic E-state index is 14.1. The van der Waals surface area contributed by atoms with Gasteiger partial charge in [-0.1, -0.05) is 68.5 Å². The van der Waals surface area contributed by atoms with Crippen LogP contribution >= 0.6 is 0 Å². The zero-order valence-corrected chi connectivity index (χ0v) is 29.1. The van der Waals surface area contributed by atoms with Gasteiger partial charge in [-0.05, 0) is 92.0 Å². The highest BCUT2D eigenvalue weighted by atomic mass is 19.1. The SMILES string of the molecule is COc1cccc(C(=O)NC(CCC2CCCCC2)C(=O)NC(CCCCNC(=O)OCc2ccccc2)CN2CCc3cc(F)ccc32)c1. The zero-order chi connectivity index (χ0) is 35.1. The Hall–Kier alpha value is -4.60. The van der Waals surface area contributed by atoms with Gasteiger partial charge in [0.05, 0.1) is 7.11 Å². The van der Waals surface area contributed by atoms with Crippen molar-refractivity contribution in [2.75, 3.05) is 31.6 Å². The van der Waals surface area contributed by atoms with Gasteiger partial charge in [0.25, 0.3) is 5.91 Å². The third kappa shape index (κ3) is 11.2. The molecule has 268 valence electrons. The third-order valence-electron chi connectivity index (χ3n) is 9.82. The number of hydrogen-bond acceptors (Lipinski definition) is 6. The van der Waals surface area contributed by atoms with E-state index in [1.165, 1.54) is 25.3 Å². The minimum atomic E-state index is -0.695. The number of unbranched alkanes of at least 4 members (excludes halogenated alkanes) is 1. The molecule has 2 unspecified atom stereocenters. The lowest BCUT2D eigenvalue weighted by Gasteiger charge is -2.29. The van der Waals surface area contributed by atoms with Gasteiger partial charge in [0.2, 0.25) is 5.91 Å². The van der Waals surface area contributed by atoms with Crippen molar-refractivity contribution in [1.29, 1.82) is 0 Å². The Balaban J connectivity index is 1.21. The van der Waals surface area contributed by atoms with E-state index in [2.05, 4.69) is 20.9 Å². The second-order valence-corrected chi connectivity index (χ2v) is 13.5. The van der Waals surface area contributed by atoms with Crippen molar-refractivity contribution in [3.8, 4) is 5.75 Å². The first-order valence-electron chi connectivity index (χ1n) is 18.1. The van der Waals surface area contributed by atoms with Crippen LogP contribution in [0.15, 0.2) is 72.8 Å². The summed E-state index contributed by atoms with van der Waals surface area (Å²) in [6.45, 7) is 1.94. The molecule has 0 bridgehead atoms.